The molecule has 3 N–H and O–H groups in total. The Morgan fingerprint density at radius 2 is 1.76 bits per heavy atom. The average molecular weight is 301 g/mol. The van der Waals surface area contributed by atoms with Crippen molar-refractivity contribution in [2.45, 2.75) is 6.92 Å². The fourth-order valence-electron chi connectivity index (χ4n) is 1.99. The summed E-state index contributed by atoms with van der Waals surface area (Å²) in [6.45, 7) is 1.99. The molecule has 2 aromatic carbocycles. The molecule has 3 rings (SSSR count). The molecule has 106 valence electrons. The van der Waals surface area contributed by atoms with E-state index in [-0.39, 0.29) is 6.03 Å². The first-order chi connectivity index (χ1) is 10.1. The van der Waals surface area contributed by atoms with Crippen molar-refractivity contribution in [3.05, 3.63) is 53.3 Å². The van der Waals surface area contributed by atoms with Gasteiger partial charge in [0.25, 0.3) is 0 Å². The molecular formula is C15H13ClN4O. The zero-order valence-electron chi connectivity index (χ0n) is 11.3. The normalized spacial score (nSPS) is 10.6. The minimum absolute atomic E-state index is 0.302. The zero-order chi connectivity index (χ0) is 14.8. The highest BCUT2D eigenvalue weighted by Gasteiger charge is 2.05. The fourth-order valence-corrected chi connectivity index (χ4v) is 2.18. The maximum Gasteiger partial charge on any atom is 0.323 e. The number of aryl methyl sites for hydroxylation is 1. The number of aromatic amines is 1. The van der Waals surface area contributed by atoms with Crippen LogP contribution in [-0.4, -0.2) is 16.0 Å². The van der Waals surface area contributed by atoms with Crippen molar-refractivity contribution in [1.29, 1.82) is 0 Å². The number of benzene rings is 2. The van der Waals surface area contributed by atoms with E-state index in [0.717, 1.165) is 22.3 Å². The van der Waals surface area contributed by atoms with Gasteiger partial charge < -0.3 is 15.6 Å². The number of carbonyl (C=O) groups is 1. The molecule has 0 aliphatic heterocycles. The van der Waals surface area contributed by atoms with Gasteiger partial charge in [-0.15, -0.1) is 0 Å². The lowest BCUT2D eigenvalue weighted by atomic mass is 10.2. The first-order valence-corrected chi connectivity index (χ1v) is 6.78. The van der Waals surface area contributed by atoms with Crippen molar-refractivity contribution in [2.24, 2.45) is 0 Å². The number of aromatic nitrogens is 2. The van der Waals surface area contributed by atoms with Crippen LogP contribution in [0.1, 0.15) is 5.56 Å². The molecule has 0 saturated heterocycles. The summed E-state index contributed by atoms with van der Waals surface area (Å²) in [7, 11) is 0. The predicted molar refractivity (Wildman–Crippen MR) is 84.9 cm³/mol. The third-order valence-electron chi connectivity index (χ3n) is 3.02. The lowest BCUT2D eigenvalue weighted by Gasteiger charge is -2.07. The van der Waals surface area contributed by atoms with E-state index in [1.807, 2.05) is 31.2 Å². The molecule has 1 aromatic heterocycles. The molecule has 6 heteroatoms. The molecule has 0 radical (unpaired) electrons. The Morgan fingerprint density at radius 3 is 2.52 bits per heavy atom. The summed E-state index contributed by atoms with van der Waals surface area (Å²) in [5.41, 5.74) is 4.07. The van der Waals surface area contributed by atoms with Crippen LogP contribution in [0, 0.1) is 6.92 Å². The number of H-pyrrole nitrogens is 1. The van der Waals surface area contributed by atoms with Crippen LogP contribution >= 0.6 is 11.6 Å². The standard InChI is InChI=1S/C15H13ClN4O/c1-9-2-4-10(5-3-9)17-15(21)18-11-6-7-12-13(8-11)20-14(16)19-12/h2-8H,1H3,(H,19,20)(H2,17,18,21). The molecule has 1 heterocycles. The third kappa shape index (κ3) is 3.14. The monoisotopic (exact) mass is 300 g/mol. The summed E-state index contributed by atoms with van der Waals surface area (Å²) >= 11 is 5.79. The van der Waals surface area contributed by atoms with Crippen molar-refractivity contribution in [3.63, 3.8) is 0 Å². The molecule has 0 atom stereocenters. The topological polar surface area (TPSA) is 69.8 Å². The van der Waals surface area contributed by atoms with Gasteiger partial charge in [0.1, 0.15) is 0 Å². The first kappa shape index (κ1) is 13.5. The number of imidazole rings is 1. The summed E-state index contributed by atoms with van der Waals surface area (Å²) in [6.07, 6.45) is 0. The SMILES string of the molecule is Cc1ccc(NC(=O)Nc2ccc3nc(Cl)[nH]c3c2)cc1. The van der Waals surface area contributed by atoms with E-state index in [1.54, 1.807) is 18.2 Å². The van der Waals surface area contributed by atoms with Gasteiger partial charge in [-0.2, -0.15) is 0 Å². The lowest BCUT2D eigenvalue weighted by Crippen LogP contribution is -2.19. The fraction of sp³-hybridized carbons (Fsp3) is 0.0667. The van der Waals surface area contributed by atoms with Gasteiger partial charge in [-0.3, -0.25) is 0 Å². The number of anilines is 2. The van der Waals surface area contributed by atoms with Crippen LogP contribution in [0.3, 0.4) is 0 Å². The van der Waals surface area contributed by atoms with Crippen molar-refractivity contribution < 1.29 is 4.79 Å². The number of nitrogens with zero attached hydrogens (tertiary/aromatic N) is 1. The molecule has 0 aliphatic rings. The second-order valence-electron chi connectivity index (χ2n) is 4.70. The number of rotatable bonds is 2. The second-order valence-corrected chi connectivity index (χ2v) is 5.06. The minimum atomic E-state index is -0.302. The summed E-state index contributed by atoms with van der Waals surface area (Å²) < 4.78 is 0. The highest BCUT2D eigenvalue weighted by atomic mass is 35.5. The number of hydrogen-bond acceptors (Lipinski definition) is 2. The molecule has 21 heavy (non-hydrogen) atoms. The maximum absolute atomic E-state index is 11.9. The number of halogens is 1. The Hall–Kier alpha value is -2.53. The van der Waals surface area contributed by atoms with Crippen LogP contribution in [-0.2, 0) is 0 Å². The zero-order valence-corrected chi connectivity index (χ0v) is 12.0. The Balaban J connectivity index is 1.71. The van der Waals surface area contributed by atoms with Crippen molar-refractivity contribution in [1.82, 2.24) is 9.97 Å². The van der Waals surface area contributed by atoms with Gasteiger partial charge >= 0.3 is 6.03 Å². The summed E-state index contributed by atoms with van der Waals surface area (Å²) in [5.74, 6) is 0. The van der Waals surface area contributed by atoms with Crippen LogP contribution in [0.15, 0.2) is 42.5 Å². The largest absolute Gasteiger partial charge is 0.329 e. The predicted octanol–water partition coefficient (Wildman–Crippen LogP) is 4.17. The molecular weight excluding hydrogens is 288 g/mol. The highest BCUT2D eigenvalue weighted by Crippen LogP contribution is 2.19. The van der Waals surface area contributed by atoms with Crippen molar-refractivity contribution in [3.8, 4) is 0 Å². The van der Waals surface area contributed by atoms with E-state index in [4.69, 9.17) is 11.6 Å². The summed E-state index contributed by atoms with van der Waals surface area (Å²) in [6, 6.07) is 12.6. The molecule has 0 bridgehead atoms. The van der Waals surface area contributed by atoms with Gasteiger partial charge in [0.2, 0.25) is 5.28 Å². The number of hydrogen-bond donors (Lipinski definition) is 3. The molecule has 0 aliphatic carbocycles. The minimum Gasteiger partial charge on any atom is -0.329 e. The quantitative estimate of drug-likeness (QED) is 0.665. The van der Waals surface area contributed by atoms with Gasteiger partial charge in [0.15, 0.2) is 0 Å². The van der Waals surface area contributed by atoms with E-state index in [2.05, 4.69) is 20.6 Å². The Kier molecular flexibility index (Phi) is 3.50. The van der Waals surface area contributed by atoms with Crippen LogP contribution in [0.2, 0.25) is 5.28 Å². The molecule has 0 spiro atoms. The number of urea groups is 1. The molecule has 0 fully saturated rings. The number of fused-ring (bicyclic) bond motifs is 1. The van der Waals surface area contributed by atoms with E-state index < -0.39 is 0 Å². The first-order valence-electron chi connectivity index (χ1n) is 6.40. The smallest absolute Gasteiger partial charge is 0.323 e. The van der Waals surface area contributed by atoms with Crippen LogP contribution in [0.5, 0.6) is 0 Å². The molecule has 0 unspecified atom stereocenters. The summed E-state index contributed by atoms with van der Waals surface area (Å²) in [4.78, 5) is 18.9. The van der Waals surface area contributed by atoms with Crippen molar-refractivity contribution in [2.75, 3.05) is 10.6 Å². The van der Waals surface area contributed by atoms with Gasteiger partial charge in [-0.1, -0.05) is 17.7 Å². The molecule has 5 nitrogen and oxygen atoms in total. The number of amides is 2. The van der Waals surface area contributed by atoms with Gasteiger partial charge in [-0.25, -0.2) is 9.78 Å². The van der Waals surface area contributed by atoms with Gasteiger partial charge in [0.05, 0.1) is 11.0 Å². The van der Waals surface area contributed by atoms with Crippen LogP contribution in [0.4, 0.5) is 16.2 Å². The van der Waals surface area contributed by atoms with Crippen LogP contribution in [0.25, 0.3) is 11.0 Å². The van der Waals surface area contributed by atoms with Gasteiger partial charge in [0, 0.05) is 11.4 Å². The number of carbonyl (C=O) groups excluding carboxylic acids is 1. The molecule has 0 saturated carbocycles. The summed E-state index contributed by atoms with van der Waals surface area (Å²) in [5, 5.41) is 5.86. The van der Waals surface area contributed by atoms with E-state index in [9.17, 15) is 4.79 Å². The van der Waals surface area contributed by atoms with E-state index in [0.29, 0.717) is 11.0 Å². The average Bonchev–Trinajstić information content (AvgIpc) is 2.80. The molecule has 3 aromatic rings. The van der Waals surface area contributed by atoms with E-state index >= 15 is 0 Å². The third-order valence-corrected chi connectivity index (χ3v) is 3.20. The molecule has 2 amide bonds. The lowest BCUT2D eigenvalue weighted by molar-refractivity contribution is 0.262. The Morgan fingerprint density at radius 1 is 1.10 bits per heavy atom. The van der Waals surface area contributed by atoms with Crippen LogP contribution < -0.4 is 10.6 Å². The van der Waals surface area contributed by atoms with E-state index in [1.165, 1.54) is 0 Å². The second kappa shape index (κ2) is 5.46. The highest BCUT2D eigenvalue weighted by molar-refractivity contribution is 6.29. The number of nitrogens with one attached hydrogen (secondary N) is 3. The van der Waals surface area contributed by atoms with Crippen molar-refractivity contribution >= 4 is 40.0 Å². The van der Waals surface area contributed by atoms with Gasteiger partial charge in [-0.05, 0) is 48.9 Å². The Bertz CT molecular complexity index is 795. The Labute approximate surface area is 126 Å². The maximum atomic E-state index is 11.9.